The summed E-state index contributed by atoms with van der Waals surface area (Å²) in [7, 11) is 0. The largest absolute Gasteiger partial charge is 0.310 e. The van der Waals surface area contributed by atoms with Crippen LogP contribution in [0.25, 0.3) is 81.0 Å². The van der Waals surface area contributed by atoms with Crippen LogP contribution in [-0.2, 0) is 0 Å². The van der Waals surface area contributed by atoms with Crippen molar-refractivity contribution in [3.8, 4) is 39.1 Å². The van der Waals surface area contributed by atoms with Gasteiger partial charge in [0.2, 0.25) is 0 Å². The molecule has 9 aromatic carbocycles. The summed E-state index contributed by atoms with van der Waals surface area (Å²) >= 11 is 1.87. The topological polar surface area (TPSA) is 8.17 Å². The summed E-state index contributed by atoms with van der Waals surface area (Å²) in [5, 5.41) is 5.05. The molecule has 3 heteroatoms. The van der Waals surface area contributed by atoms with Crippen LogP contribution in [-0.4, -0.2) is 4.57 Å². The molecule has 0 unspecified atom stereocenters. The summed E-state index contributed by atoms with van der Waals surface area (Å²) in [6.45, 7) is 2.24. The zero-order valence-electron chi connectivity index (χ0n) is 32.0. The Hall–Kier alpha value is -7.20. The second-order valence-corrected chi connectivity index (χ2v) is 16.0. The van der Waals surface area contributed by atoms with Crippen LogP contribution in [0, 0.1) is 6.92 Å². The van der Waals surface area contributed by atoms with Gasteiger partial charge >= 0.3 is 0 Å². The van der Waals surface area contributed by atoms with Gasteiger partial charge in [-0.15, -0.1) is 11.3 Å². The van der Waals surface area contributed by atoms with E-state index in [1.807, 2.05) is 11.3 Å². The van der Waals surface area contributed by atoms with E-state index in [2.05, 4.69) is 229 Å². The van der Waals surface area contributed by atoms with Crippen LogP contribution >= 0.6 is 11.3 Å². The van der Waals surface area contributed by atoms with Crippen molar-refractivity contribution in [1.82, 2.24) is 4.57 Å². The average Bonchev–Trinajstić information content (AvgIpc) is 3.83. The van der Waals surface area contributed by atoms with Crippen molar-refractivity contribution in [2.75, 3.05) is 4.90 Å². The Morgan fingerprint density at radius 2 is 0.931 bits per heavy atom. The van der Waals surface area contributed by atoms with E-state index < -0.39 is 0 Å². The summed E-state index contributed by atoms with van der Waals surface area (Å²) in [5.74, 6) is 0. The van der Waals surface area contributed by atoms with Gasteiger partial charge in [-0.25, -0.2) is 0 Å². The van der Waals surface area contributed by atoms with Gasteiger partial charge < -0.3 is 9.47 Å². The number of rotatable bonds is 7. The van der Waals surface area contributed by atoms with Gasteiger partial charge in [0.05, 0.1) is 22.4 Å². The van der Waals surface area contributed by atoms with Gasteiger partial charge in [0.1, 0.15) is 0 Å². The third-order valence-corrected chi connectivity index (χ3v) is 12.7. The first-order valence-corrected chi connectivity index (χ1v) is 20.7. The first-order chi connectivity index (χ1) is 28.7. The number of hydrogen-bond donors (Lipinski definition) is 0. The minimum absolute atomic E-state index is 1.10. The number of thiophene rings is 1. The van der Waals surface area contributed by atoms with E-state index in [4.69, 9.17) is 0 Å². The van der Waals surface area contributed by atoms with Crippen molar-refractivity contribution in [3.63, 3.8) is 0 Å². The monoisotopic (exact) mass is 758 g/mol. The molecule has 2 nitrogen and oxygen atoms in total. The molecule has 0 aliphatic heterocycles. The lowest BCUT2D eigenvalue weighted by Crippen LogP contribution is -2.10. The maximum Gasteiger partial charge on any atom is 0.0562 e. The second-order valence-electron chi connectivity index (χ2n) is 15.0. The van der Waals surface area contributed by atoms with E-state index in [0.717, 1.165) is 17.1 Å². The Morgan fingerprint density at radius 1 is 0.397 bits per heavy atom. The molecule has 0 aliphatic rings. The van der Waals surface area contributed by atoms with Gasteiger partial charge in [-0.2, -0.15) is 0 Å². The quantitative estimate of drug-likeness (QED) is 0.157. The molecule has 0 fully saturated rings. The third kappa shape index (κ3) is 5.71. The Balaban J connectivity index is 1.13. The minimum atomic E-state index is 1.10. The Labute approximate surface area is 342 Å². The van der Waals surface area contributed by atoms with Crippen LogP contribution in [0.2, 0.25) is 0 Å². The van der Waals surface area contributed by atoms with Crippen molar-refractivity contribution < 1.29 is 0 Å². The highest BCUT2D eigenvalue weighted by atomic mass is 32.1. The van der Waals surface area contributed by atoms with Gasteiger partial charge in [0.15, 0.2) is 0 Å². The van der Waals surface area contributed by atoms with Gasteiger partial charge in [-0.1, -0.05) is 146 Å². The average molecular weight is 759 g/mol. The molecular weight excluding hydrogens is 721 g/mol. The molecule has 0 spiro atoms. The number of nitrogens with zero attached hydrogens (tertiary/aromatic N) is 2. The number of aromatic nitrogens is 1. The van der Waals surface area contributed by atoms with Crippen molar-refractivity contribution in [3.05, 3.63) is 218 Å². The molecule has 0 saturated heterocycles. The molecule has 58 heavy (non-hydrogen) atoms. The number of para-hydroxylation sites is 1. The van der Waals surface area contributed by atoms with Crippen LogP contribution in [0.5, 0.6) is 0 Å². The van der Waals surface area contributed by atoms with Gasteiger partial charge in [-0.3, -0.25) is 0 Å². The highest BCUT2D eigenvalue weighted by Gasteiger charge is 2.23. The normalized spacial score (nSPS) is 11.5. The predicted octanol–water partition coefficient (Wildman–Crippen LogP) is 15.9. The van der Waals surface area contributed by atoms with Crippen LogP contribution in [0.4, 0.5) is 17.1 Å². The molecule has 2 aromatic heterocycles. The van der Waals surface area contributed by atoms with E-state index in [9.17, 15) is 0 Å². The predicted molar refractivity (Wildman–Crippen MR) is 249 cm³/mol. The molecule has 0 saturated carbocycles. The fourth-order valence-corrected chi connectivity index (χ4v) is 9.92. The Kier molecular flexibility index (Phi) is 8.27. The first-order valence-electron chi connectivity index (χ1n) is 19.8. The molecule has 274 valence electrons. The number of benzene rings is 9. The molecule has 11 aromatic rings. The molecule has 0 aliphatic carbocycles. The molecule has 0 atom stereocenters. The summed E-state index contributed by atoms with van der Waals surface area (Å²) in [4.78, 5) is 2.43. The van der Waals surface area contributed by atoms with Crippen LogP contribution in [0.1, 0.15) is 5.56 Å². The summed E-state index contributed by atoms with van der Waals surface area (Å²) in [6.07, 6.45) is 0. The molecule has 0 amide bonds. The van der Waals surface area contributed by atoms with Crippen LogP contribution in [0.15, 0.2) is 212 Å². The van der Waals surface area contributed by atoms with Gasteiger partial charge in [-0.05, 0) is 107 Å². The SMILES string of the molecule is Cc1cccc(-n2c3ccccc3c3c(N(c4ccc(-c5ccccc5)cc4)c4ccc(-c5ccccc5)cc4)cccc32)c1-c1ccc2sc3ccccc3c2c1. The summed E-state index contributed by atoms with van der Waals surface area (Å²) in [5.41, 5.74) is 15.4. The van der Waals surface area contributed by atoms with E-state index in [1.54, 1.807) is 0 Å². The standard InChI is InChI=1S/C55H38N2S/c1-37-14-12-22-49(54(37)42-30-35-53-47(36-42)45-19-9-11-25-52(45)58-53)57-48-21-10-8-20-46(48)55-50(23-13-24-51(55)57)56(43-31-26-40(27-32-43)38-15-4-2-5-16-38)44-33-28-41(29-34-44)39-17-6-3-7-18-39/h2-36H,1H3. The van der Waals surface area contributed by atoms with Crippen LogP contribution < -0.4 is 4.90 Å². The first kappa shape index (κ1) is 34.1. The summed E-state index contributed by atoms with van der Waals surface area (Å²) in [6, 6.07) is 77.4. The van der Waals surface area contributed by atoms with Crippen molar-refractivity contribution in [2.24, 2.45) is 0 Å². The van der Waals surface area contributed by atoms with E-state index in [1.165, 1.54) is 86.6 Å². The maximum atomic E-state index is 2.49. The highest BCUT2D eigenvalue weighted by molar-refractivity contribution is 7.25. The van der Waals surface area contributed by atoms with E-state index in [-0.39, 0.29) is 0 Å². The smallest absolute Gasteiger partial charge is 0.0562 e. The number of aryl methyl sites for hydroxylation is 1. The van der Waals surface area contributed by atoms with Gasteiger partial charge in [0.25, 0.3) is 0 Å². The third-order valence-electron chi connectivity index (χ3n) is 11.5. The number of hydrogen-bond acceptors (Lipinski definition) is 2. The lowest BCUT2D eigenvalue weighted by Gasteiger charge is -2.27. The van der Waals surface area contributed by atoms with Crippen molar-refractivity contribution >= 4 is 70.4 Å². The zero-order chi connectivity index (χ0) is 38.6. The fraction of sp³-hybridized carbons (Fsp3) is 0.0182. The Bertz CT molecular complexity index is 3180. The minimum Gasteiger partial charge on any atom is -0.310 e. The van der Waals surface area contributed by atoms with Crippen molar-refractivity contribution in [1.29, 1.82) is 0 Å². The molecule has 0 radical (unpaired) electrons. The molecule has 0 N–H and O–H groups in total. The molecule has 0 bridgehead atoms. The van der Waals surface area contributed by atoms with E-state index in [0.29, 0.717) is 0 Å². The lowest BCUT2D eigenvalue weighted by molar-refractivity contribution is 1.17. The summed E-state index contributed by atoms with van der Waals surface area (Å²) < 4.78 is 5.13. The molecule has 2 heterocycles. The zero-order valence-corrected chi connectivity index (χ0v) is 32.8. The van der Waals surface area contributed by atoms with Crippen LogP contribution in [0.3, 0.4) is 0 Å². The number of fused-ring (bicyclic) bond motifs is 6. The Morgan fingerprint density at radius 3 is 1.62 bits per heavy atom. The fourth-order valence-electron chi connectivity index (χ4n) is 8.84. The lowest BCUT2D eigenvalue weighted by atomic mass is 9.96. The van der Waals surface area contributed by atoms with E-state index >= 15 is 0 Å². The molecular formula is C55H38N2S. The van der Waals surface area contributed by atoms with Gasteiger partial charge in [0, 0.05) is 47.9 Å². The number of anilines is 3. The second kappa shape index (κ2) is 14.1. The molecule has 11 rings (SSSR count). The van der Waals surface area contributed by atoms with Crippen molar-refractivity contribution in [2.45, 2.75) is 6.92 Å². The maximum absolute atomic E-state index is 2.49. The highest BCUT2D eigenvalue weighted by Crippen LogP contribution is 2.46.